The van der Waals surface area contributed by atoms with Crippen molar-refractivity contribution in [3.05, 3.63) is 0 Å². The van der Waals surface area contributed by atoms with E-state index in [1.807, 2.05) is 0 Å². The molecule has 0 saturated heterocycles. The first-order valence-electron chi connectivity index (χ1n) is 5.54. The number of hydrogen-bond acceptors (Lipinski definition) is 1. The molecule has 0 aromatic heterocycles. The van der Waals surface area contributed by atoms with E-state index in [1.165, 1.54) is 0 Å². The van der Waals surface area contributed by atoms with E-state index in [1.54, 1.807) is 0 Å². The van der Waals surface area contributed by atoms with Crippen LogP contribution in [0.15, 0.2) is 0 Å². The molecule has 1 unspecified atom stereocenters. The molecule has 84 valence electrons. The second kappa shape index (κ2) is 4.13. The zero-order valence-corrected chi connectivity index (χ0v) is 9.15. The van der Waals surface area contributed by atoms with Crippen molar-refractivity contribution in [1.82, 2.24) is 0 Å². The Bertz CT molecular complexity index is 182. The molecule has 0 aliphatic heterocycles. The number of hydrogen-bond donors (Lipinski definition) is 1. The molecule has 1 nitrogen and oxygen atoms in total. The summed E-state index contributed by atoms with van der Waals surface area (Å²) in [6, 6.07) is 0. The second-order valence-corrected chi connectivity index (χ2v) is 4.73. The summed E-state index contributed by atoms with van der Waals surface area (Å²) in [5.74, 6) is -1.98. The molecule has 2 N–H and O–H groups in total. The Morgan fingerprint density at radius 1 is 1.21 bits per heavy atom. The maximum absolute atomic E-state index is 13.0. The highest BCUT2D eigenvalue weighted by atomic mass is 19.3. The molecular weight excluding hydrogens is 184 g/mol. The standard InChI is InChI=1S/C11H21F2N/c1-3-9(2)10(8-14)4-6-11(12,13)7-5-10/h9H,3-8,14H2,1-2H3. The maximum atomic E-state index is 13.0. The van der Waals surface area contributed by atoms with Crippen molar-refractivity contribution in [2.75, 3.05) is 6.54 Å². The molecule has 0 spiro atoms. The van der Waals surface area contributed by atoms with Crippen LogP contribution in [-0.2, 0) is 0 Å². The van der Waals surface area contributed by atoms with Crippen LogP contribution in [0.4, 0.5) is 8.78 Å². The molecule has 0 aromatic carbocycles. The monoisotopic (exact) mass is 205 g/mol. The van der Waals surface area contributed by atoms with Gasteiger partial charge in [-0.25, -0.2) is 8.78 Å². The Kier molecular flexibility index (Phi) is 3.51. The summed E-state index contributed by atoms with van der Waals surface area (Å²) in [6.45, 7) is 4.79. The predicted molar refractivity (Wildman–Crippen MR) is 54.4 cm³/mol. The number of alkyl halides is 2. The Hall–Kier alpha value is -0.180. The highest BCUT2D eigenvalue weighted by Gasteiger charge is 2.44. The van der Waals surface area contributed by atoms with Gasteiger partial charge in [-0.2, -0.15) is 0 Å². The Balaban J connectivity index is 2.66. The zero-order chi connectivity index (χ0) is 10.8. The molecule has 1 rings (SSSR count). The number of rotatable bonds is 3. The third-order valence-electron chi connectivity index (χ3n) is 4.04. The first-order valence-corrected chi connectivity index (χ1v) is 5.54. The van der Waals surface area contributed by atoms with E-state index >= 15 is 0 Å². The van der Waals surface area contributed by atoms with Crippen molar-refractivity contribution in [3.63, 3.8) is 0 Å². The summed E-state index contributed by atoms with van der Waals surface area (Å²) in [6.07, 6.45) is 2.25. The van der Waals surface area contributed by atoms with Crippen LogP contribution in [0.5, 0.6) is 0 Å². The van der Waals surface area contributed by atoms with Crippen LogP contribution >= 0.6 is 0 Å². The fraction of sp³-hybridized carbons (Fsp3) is 1.00. The van der Waals surface area contributed by atoms with E-state index in [-0.39, 0.29) is 18.3 Å². The van der Waals surface area contributed by atoms with Gasteiger partial charge >= 0.3 is 0 Å². The average Bonchev–Trinajstić information content (AvgIpc) is 2.18. The Labute approximate surface area is 85.1 Å². The van der Waals surface area contributed by atoms with Gasteiger partial charge in [0.2, 0.25) is 5.92 Å². The molecule has 0 bridgehead atoms. The Morgan fingerprint density at radius 2 is 1.71 bits per heavy atom. The SMILES string of the molecule is CCC(C)C1(CN)CCC(F)(F)CC1. The lowest BCUT2D eigenvalue weighted by Crippen LogP contribution is -2.42. The molecule has 0 heterocycles. The molecule has 1 atom stereocenters. The summed E-state index contributed by atoms with van der Waals surface area (Å²) in [4.78, 5) is 0. The van der Waals surface area contributed by atoms with Crippen LogP contribution in [0.25, 0.3) is 0 Å². The van der Waals surface area contributed by atoms with Crippen molar-refractivity contribution in [2.24, 2.45) is 17.1 Å². The summed E-state index contributed by atoms with van der Waals surface area (Å²) < 4.78 is 26.0. The lowest BCUT2D eigenvalue weighted by molar-refractivity contribution is -0.0772. The van der Waals surface area contributed by atoms with Gasteiger partial charge in [-0.1, -0.05) is 20.3 Å². The highest BCUT2D eigenvalue weighted by Crippen LogP contribution is 2.47. The van der Waals surface area contributed by atoms with Gasteiger partial charge in [-0.3, -0.25) is 0 Å². The quantitative estimate of drug-likeness (QED) is 0.752. The summed E-state index contributed by atoms with van der Waals surface area (Å²) >= 11 is 0. The van der Waals surface area contributed by atoms with Crippen molar-refractivity contribution >= 4 is 0 Å². The lowest BCUT2D eigenvalue weighted by atomic mass is 9.65. The van der Waals surface area contributed by atoms with Crippen molar-refractivity contribution in [3.8, 4) is 0 Å². The molecule has 1 aliphatic rings. The van der Waals surface area contributed by atoms with Crippen molar-refractivity contribution < 1.29 is 8.78 Å². The van der Waals surface area contributed by atoms with Crippen LogP contribution < -0.4 is 5.73 Å². The van der Waals surface area contributed by atoms with Crippen LogP contribution in [0.2, 0.25) is 0 Å². The largest absolute Gasteiger partial charge is 0.330 e. The molecule has 1 fully saturated rings. The highest BCUT2D eigenvalue weighted by molar-refractivity contribution is 4.92. The minimum atomic E-state index is -2.44. The molecular formula is C11H21F2N. The smallest absolute Gasteiger partial charge is 0.248 e. The fourth-order valence-electron chi connectivity index (χ4n) is 2.44. The van der Waals surface area contributed by atoms with E-state index in [4.69, 9.17) is 5.73 Å². The van der Waals surface area contributed by atoms with E-state index in [2.05, 4.69) is 13.8 Å². The minimum absolute atomic E-state index is 0.0174. The zero-order valence-electron chi connectivity index (χ0n) is 9.15. The van der Waals surface area contributed by atoms with Crippen LogP contribution in [-0.4, -0.2) is 12.5 Å². The van der Waals surface area contributed by atoms with E-state index in [0.717, 1.165) is 6.42 Å². The third-order valence-corrected chi connectivity index (χ3v) is 4.04. The van der Waals surface area contributed by atoms with Gasteiger partial charge in [0.15, 0.2) is 0 Å². The molecule has 3 heteroatoms. The maximum Gasteiger partial charge on any atom is 0.248 e. The normalized spacial score (nSPS) is 27.2. The molecule has 0 aromatic rings. The first-order chi connectivity index (χ1) is 6.46. The molecule has 0 radical (unpaired) electrons. The summed E-state index contributed by atoms with van der Waals surface area (Å²) in [5.41, 5.74) is 5.74. The molecule has 1 saturated carbocycles. The van der Waals surface area contributed by atoms with Gasteiger partial charge in [0, 0.05) is 12.8 Å². The van der Waals surface area contributed by atoms with Gasteiger partial charge in [0.1, 0.15) is 0 Å². The molecule has 0 amide bonds. The lowest BCUT2D eigenvalue weighted by Gasteiger charge is -2.43. The number of nitrogens with two attached hydrogens (primary N) is 1. The minimum Gasteiger partial charge on any atom is -0.330 e. The second-order valence-electron chi connectivity index (χ2n) is 4.73. The topological polar surface area (TPSA) is 26.0 Å². The summed E-state index contributed by atoms with van der Waals surface area (Å²) in [5, 5.41) is 0. The fourth-order valence-corrected chi connectivity index (χ4v) is 2.44. The van der Waals surface area contributed by atoms with Gasteiger partial charge in [-0.05, 0) is 30.7 Å². The van der Waals surface area contributed by atoms with Crippen LogP contribution in [0.1, 0.15) is 46.0 Å². The van der Waals surface area contributed by atoms with E-state index in [0.29, 0.717) is 25.3 Å². The molecule has 14 heavy (non-hydrogen) atoms. The van der Waals surface area contributed by atoms with Gasteiger partial charge in [-0.15, -0.1) is 0 Å². The average molecular weight is 205 g/mol. The van der Waals surface area contributed by atoms with Gasteiger partial charge < -0.3 is 5.73 Å². The molecule has 1 aliphatic carbocycles. The third kappa shape index (κ3) is 2.25. The Morgan fingerprint density at radius 3 is 2.07 bits per heavy atom. The van der Waals surface area contributed by atoms with Crippen molar-refractivity contribution in [1.29, 1.82) is 0 Å². The first kappa shape index (κ1) is 11.9. The van der Waals surface area contributed by atoms with E-state index < -0.39 is 5.92 Å². The van der Waals surface area contributed by atoms with E-state index in [9.17, 15) is 8.78 Å². The van der Waals surface area contributed by atoms with Crippen molar-refractivity contribution in [2.45, 2.75) is 51.9 Å². The van der Waals surface area contributed by atoms with Crippen LogP contribution in [0.3, 0.4) is 0 Å². The summed E-state index contributed by atoms with van der Waals surface area (Å²) in [7, 11) is 0. The predicted octanol–water partition coefficient (Wildman–Crippen LogP) is 3.19. The van der Waals surface area contributed by atoms with Gasteiger partial charge in [0.05, 0.1) is 0 Å². The van der Waals surface area contributed by atoms with Crippen LogP contribution in [0, 0.1) is 11.3 Å². The number of halogens is 2. The van der Waals surface area contributed by atoms with Gasteiger partial charge in [0.25, 0.3) is 0 Å².